The maximum atomic E-state index is 5.36. The second kappa shape index (κ2) is 5.18. The summed E-state index contributed by atoms with van der Waals surface area (Å²) in [6, 6.07) is 5.86. The molecule has 0 aliphatic heterocycles. The van der Waals surface area contributed by atoms with Crippen LogP contribution < -0.4 is 9.47 Å². The Morgan fingerprint density at radius 1 is 1.36 bits per heavy atom. The van der Waals surface area contributed by atoms with E-state index in [1.54, 1.807) is 7.11 Å². The van der Waals surface area contributed by atoms with Gasteiger partial charge in [-0.15, -0.1) is 6.42 Å². The highest BCUT2D eigenvalue weighted by Gasteiger charge is 2.03. The lowest BCUT2D eigenvalue weighted by atomic mass is 10.1. The molecule has 0 saturated carbocycles. The molecule has 1 aromatic carbocycles. The average molecular weight is 190 g/mol. The molecule has 0 aliphatic rings. The van der Waals surface area contributed by atoms with Crippen LogP contribution in [0.2, 0.25) is 0 Å². The molecule has 0 spiro atoms. The Morgan fingerprint density at radius 2 is 2.14 bits per heavy atom. The molecule has 0 unspecified atom stereocenters. The average Bonchev–Trinajstić information content (AvgIpc) is 2.25. The minimum Gasteiger partial charge on any atom is -0.493 e. The summed E-state index contributed by atoms with van der Waals surface area (Å²) in [7, 11) is 1.61. The zero-order valence-corrected chi connectivity index (χ0v) is 8.54. The van der Waals surface area contributed by atoms with E-state index in [2.05, 4.69) is 12.8 Å². The lowest BCUT2D eigenvalue weighted by Gasteiger charge is -2.09. The van der Waals surface area contributed by atoms with Crippen molar-refractivity contribution in [3.8, 4) is 23.8 Å². The molecule has 0 heterocycles. The Bertz CT molecular complexity index is 337. The van der Waals surface area contributed by atoms with E-state index in [-0.39, 0.29) is 6.61 Å². The standard InChI is InChI=1S/C12H14O2/c1-4-8-14-12-9-10(5-2)6-7-11(12)13-3/h1,6-7,9H,5,8H2,2-3H3. The fraction of sp³-hybridized carbons (Fsp3) is 0.333. The van der Waals surface area contributed by atoms with Gasteiger partial charge >= 0.3 is 0 Å². The highest BCUT2D eigenvalue weighted by molar-refractivity contribution is 5.43. The molecular weight excluding hydrogens is 176 g/mol. The van der Waals surface area contributed by atoms with Crippen molar-refractivity contribution in [1.29, 1.82) is 0 Å². The van der Waals surface area contributed by atoms with E-state index in [4.69, 9.17) is 15.9 Å². The highest BCUT2D eigenvalue weighted by Crippen LogP contribution is 2.27. The predicted octanol–water partition coefficient (Wildman–Crippen LogP) is 2.27. The van der Waals surface area contributed by atoms with Crippen LogP contribution in [-0.2, 0) is 6.42 Å². The van der Waals surface area contributed by atoms with Gasteiger partial charge in [0.25, 0.3) is 0 Å². The summed E-state index contributed by atoms with van der Waals surface area (Å²) < 4.78 is 10.5. The number of rotatable bonds is 4. The van der Waals surface area contributed by atoms with E-state index in [1.807, 2.05) is 18.2 Å². The van der Waals surface area contributed by atoms with Crippen LogP contribution in [-0.4, -0.2) is 13.7 Å². The first kappa shape index (κ1) is 10.5. The maximum Gasteiger partial charge on any atom is 0.162 e. The first-order valence-electron chi connectivity index (χ1n) is 4.55. The molecule has 0 radical (unpaired) electrons. The lowest BCUT2D eigenvalue weighted by Crippen LogP contribution is -1.97. The number of hydrogen-bond acceptors (Lipinski definition) is 2. The first-order valence-corrected chi connectivity index (χ1v) is 4.55. The molecule has 1 aromatic rings. The molecule has 2 nitrogen and oxygen atoms in total. The topological polar surface area (TPSA) is 18.5 Å². The third kappa shape index (κ3) is 2.43. The first-order chi connectivity index (χ1) is 6.81. The quantitative estimate of drug-likeness (QED) is 0.678. The van der Waals surface area contributed by atoms with Crippen molar-refractivity contribution < 1.29 is 9.47 Å². The van der Waals surface area contributed by atoms with Gasteiger partial charge in [0.15, 0.2) is 11.5 Å². The van der Waals surface area contributed by atoms with Crippen LogP contribution in [0.3, 0.4) is 0 Å². The summed E-state index contributed by atoms with van der Waals surface area (Å²) >= 11 is 0. The van der Waals surface area contributed by atoms with Gasteiger partial charge in [0.1, 0.15) is 6.61 Å². The largest absolute Gasteiger partial charge is 0.493 e. The van der Waals surface area contributed by atoms with Crippen molar-refractivity contribution in [2.45, 2.75) is 13.3 Å². The van der Waals surface area contributed by atoms with Gasteiger partial charge in [-0.25, -0.2) is 0 Å². The second-order valence-corrected chi connectivity index (χ2v) is 2.83. The van der Waals surface area contributed by atoms with Gasteiger partial charge in [0.2, 0.25) is 0 Å². The van der Waals surface area contributed by atoms with E-state index in [0.29, 0.717) is 5.75 Å². The van der Waals surface area contributed by atoms with Crippen LogP contribution in [0.1, 0.15) is 12.5 Å². The Morgan fingerprint density at radius 3 is 2.71 bits per heavy atom. The third-order valence-electron chi connectivity index (χ3n) is 1.95. The van der Waals surface area contributed by atoms with Gasteiger partial charge in [-0.1, -0.05) is 18.9 Å². The number of aryl methyl sites for hydroxylation is 1. The van der Waals surface area contributed by atoms with Gasteiger partial charge < -0.3 is 9.47 Å². The fourth-order valence-electron chi connectivity index (χ4n) is 1.17. The van der Waals surface area contributed by atoms with Crippen molar-refractivity contribution in [3.05, 3.63) is 23.8 Å². The van der Waals surface area contributed by atoms with E-state index < -0.39 is 0 Å². The third-order valence-corrected chi connectivity index (χ3v) is 1.95. The molecule has 2 heteroatoms. The summed E-state index contributed by atoms with van der Waals surface area (Å²) in [5.74, 6) is 3.86. The summed E-state index contributed by atoms with van der Waals surface area (Å²) in [5, 5.41) is 0. The van der Waals surface area contributed by atoms with E-state index in [1.165, 1.54) is 5.56 Å². The molecule has 14 heavy (non-hydrogen) atoms. The second-order valence-electron chi connectivity index (χ2n) is 2.83. The van der Waals surface area contributed by atoms with Crippen LogP contribution >= 0.6 is 0 Å². The lowest BCUT2D eigenvalue weighted by molar-refractivity contribution is 0.330. The number of hydrogen-bond donors (Lipinski definition) is 0. The van der Waals surface area contributed by atoms with Crippen molar-refractivity contribution in [1.82, 2.24) is 0 Å². The van der Waals surface area contributed by atoms with Gasteiger partial charge in [-0.2, -0.15) is 0 Å². The molecule has 0 bridgehead atoms. The smallest absolute Gasteiger partial charge is 0.162 e. The fourth-order valence-corrected chi connectivity index (χ4v) is 1.17. The van der Waals surface area contributed by atoms with Crippen molar-refractivity contribution >= 4 is 0 Å². The summed E-state index contributed by atoms with van der Waals surface area (Å²) in [6.07, 6.45) is 6.09. The van der Waals surface area contributed by atoms with Crippen LogP contribution in [0.15, 0.2) is 18.2 Å². The SMILES string of the molecule is C#CCOc1cc(CC)ccc1OC. The van der Waals surface area contributed by atoms with Crippen molar-refractivity contribution in [2.75, 3.05) is 13.7 Å². The van der Waals surface area contributed by atoms with E-state index in [9.17, 15) is 0 Å². The molecule has 0 amide bonds. The minimum atomic E-state index is 0.267. The van der Waals surface area contributed by atoms with Crippen molar-refractivity contribution in [2.24, 2.45) is 0 Å². The molecule has 1 rings (SSSR count). The number of terminal acetylenes is 1. The molecule has 0 saturated heterocycles. The summed E-state index contributed by atoms with van der Waals surface area (Å²) in [6.45, 7) is 2.36. The van der Waals surface area contributed by atoms with Crippen LogP contribution in [0.4, 0.5) is 0 Å². The van der Waals surface area contributed by atoms with Crippen LogP contribution in [0, 0.1) is 12.3 Å². The molecule has 0 N–H and O–H groups in total. The van der Waals surface area contributed by atoms with Gasteiger partial charge in [-0.3, -0.25) is 0 Å². The molecule has 74 valence electrons. The van der Waals surface area contributed by atoms with Gasteiger partial charge in [0, 0.05) is 0 Å². The molecule has 0 atom stereocenters. The summed E-state index contributed by atoms with van der Waals surface area (Å²) in [4.78, 5) is 0. The molecule has 0 fully saturated rings. The van der Waals surface area contributed by atoms with Crippen LogP contribution in [0.25, 0.3) is 0 Å². The van der Waals surface area contributed by atoms with E-state index in [0.717, 1.165) is 12.2 Å². The Hall–Kier alpha value is -1.62. The van der Waals surface area contributed by atoms with Crippen molar-refractivity contribution in [3.63, 3.8) is 0 Å². The molecular formula is C12H14O2. The minimum absolute atomic E-state index is 0.267. The maximum absolute atomic E-state index is 5.36. The summed E-state index contributed by atoms with van der Waals surface area (Å²) in [5.41, 5.74) is 1.21. The molecule has 0 aromatic heterocycles. The zero-order chi connectivity index (χ0) is 10.4. The normalized spacial score (nSPS) is 9.21. The highest BCUT2D eigenvalue weighted by atomic mass is 16.5. The Labute approximate surface area is 84.8 Å². The predicted molar refractivity (Wildman–Crippen MR) is 56.7 cm³/mol. The Balaban J connectivity index is 2.91. The number of benzene rings is 1. The molecule has 0 aliphatic carbocycles. The number of ether oxygens (including phenoxy) is 2. The van der Waals surface area contributed by atoms with Gasteiger partial charge in [-0.05, 0) is 24.1 Å². The monoisotopic (exact) mass is 190 g/mol. The van der Waals surface area contributed by atoms with Gasteiger partial charge in [0.05, 0.1) is 7.11 Å². The Kier molecular flexibility index (Phi) is 3.87. The zero-order valence-electron chi connectivity index (χ0n) is 8.54. The van der Waals surface area contributed by atoms with Crippen LogP contribution in [0.5, 0.6) is 11.5 Å². The van der Waals surface area contributed by atoms with E-state index >= 15 is 0 Å². The number of methoxy groups -OCH3 is 1.